The summed E-state index contributed by atoms with van der Waals surface area (Å²) in [6.45, 7) is 10.2. The minimum Gasteiger partial charge on any atom is -0.489 e. The summed E-state index contributed by atoms with van der Waals surface area (Å²) >= 11 is 7.05. The number of methoxy groups -OCH3 is 2. The number of carbonyl (C=O) groups is 4. The van der Waals surface area contributed by atoms with Crippen LogP contribution in [0.1, 0.15) is 130 Å². The summed E-state index contributed by atoms with van der Waals surface area (Å²) < 4.78 is 29.5. The summed E-state index contributed by atoms with van der Waals surface area (Å²) in [7, 11) is 2.99. The van der Waals surface area contributed by atoms with Gasteiger partial charge in [-0.2, -0.15) is 0 Å². The number of likely N-dealkylation sites (tertiary alicyclic amines) is 1. The number of benzene rings is 1. The van der Waals surface area contributed by atoms with E-state index in [1.807, 2.05) is 52.8 Å². The number of aromatic nitrogens is 1. The number of ether oxygens (including phenoxy) is 5. The van der Waals surface area contributed by atoms with Gasteiger partial charge < -0.3 is 28.6 Å². The molecule has 318 valence electrons. The number of ketones is 1. The molecule has 7 rings (SSSR count). The first-order chi connectivity index (χ1) is 27.6. The number of pyridine rings is 1. The van der Waals surface area contributed by atoms with Gasteiger partial charge in [0.25, 0.3) is 0 Å². The van der Waals surface area contributed by atoms with Gasteiger partial charge in [0.1, 0.15) is 35.3 Å². The third-order valence-electron chi connectivity index (χ3n) is 14.0. The molecule has 0 spiro atoms. The largest absolute Gasteiger partial charge is 0.489 e. The van der Waals surface area contributed by atoms with E-state index >= 15 is 0 Å². The lowest BCUT2D eigenvalue weighted by Crippen LogP contribution is -2.48. The summed E-state index contributed by atoms with van der Waals surface area (Å²) in [6.07, 6.45) is 9.13. The zero-order chi connectivity index (χ0) is 41.5. The van der Waals surface area contributed by atoms with Gasteiger partial charge in [0.2, 0.25) is 5.91 Å². The number of carbonyl (C=O) groups excluding carboxylic acids is 4. The first-order valence-electron chi connectivity index (χ1n) is 21.7. The molecule has 2 aromatic rings. The Morgan fingerprint density at radius 1 is 0.983 bits per heavy atom. The van der Waals surface area contributed by atoms with E-state index < -0.39 is 28.9 Å². The van der Waals surface area contributed by atoms with Gasteiger partial charge >= 0.3 is 11.9 Å². The number of esters is 2. The highest BCUT2D eigenvalue weighted by atomic mass is 35.5. The normalized spacial score (nSPS) is 29.1. The minimum atomic E-state index is -0.892. The van der Waals surface area contributed by atoms with E-state index in [-0.39, 0.29) is 73.5 Å². The molecular weight excluding hydrogens is 760 g/mol. The molecule has 5 fully saturated rings. The summed E-state index contributed by atoms with van der Waals surface area (Å²) in [5, 5.41) is 1.09. The van der Waals surface area contributed by atoms with Gasteiger partial charge in [0.05, 0.1) is 49.1 Å². The van der Waals surface area contributed by atoms with E-state index in [1.54, 1.807) is 12.0 Å². The molecular formula is C46H63ClN2O9. The van der Waals surface area contributed by atoms with Gasteiger partial charge in [0, 0.05) is 43.0 Å². The zero-order valence-corrected chi connectivity index (χ0v) is 36.2. The minimum absolute atomic E-state index is 0.0182. The van der Waals surface area contributed by atoms with Crippen LogP contribution in [0.15, 0.2) is 18.2 Å². The van der Waals surface area contributed by atoms with E-state index in [9.17, 15) is 19.2 Å². The van der Waals surface area contributed by atoms with Crippen LogP contribution in [0.2, 0.25) is 5.02 Å². The molecule has 0 bridgehead atoms. The Morgan fingerprint density at radius 3 is 2.34 bits per heavy atom. The van der Waals surface area contributed by atoms with Crippen LogP contribution in [-0.4, -0.2) is 85.2 Å². The van der Waals surface area contributed by atoms with Crippen LogP contribution in [0.3, 0.4) is 0 Å². The van der Waals surface area contributed by atoms with Gasteiger partial charge in [-0.05, 0) is 80.8 Å². The van der Waals surface area contributed by atoms with Crippen LogP contribution in [0.5, 0.6) is 11.5 Å². The number of nitrogens with zero attached hydrogens (tertiary/aromatic N) is 2. The average molecular weight is 823 g/mol. The highest BCUT2D eigenvalue weighted by molar-refractivity contribution is 6.36. The lowest BCUT2D eigenvalue weighted by Gasteiger charge is -2.35. The van der Waals surface area contributed by atoms with Crippen molar-refractivity contribution in [1.82, 2.24) is 9.88 Å². The molecule has 5 aliphatic rings. The molecule has 2 heterocycles. The summed E-state index contributed by atoms with van der Waals surface area (Å²) in [6, 6.07) is 4.87. The quantitative estimate of drug-likeness (QED) is 0.152. The van der Waals surface area contributed by atoms with Crippen molar-refractivity contribution in [3.05, 3.63) is 28.9 Å². The molecule has 58 heavy (non-hydrogen) atoms. The fourth-order valence-electron chi connectivity index (χ4n) is 10.1. The van der Waals surface area contributed by atoms with Gasteiger partial charge in [-0.3, -0.25) is 24.2 Å². The monoisotopic (exact) mass is 822 g/mol. The predicted molar refractivity (Wildman–Crippen MR) is 220 cm³/mol. The smallest absolute Gasteiger partial charge is 0.312 e. The van der Waals surface area contributed by atoms with E-state index in [0.717, 1.165) is 50.6 Å². The molecule has 1 aromatic carbocycles. The lowest BCUT2D eigenvalue weighted by atomic mass is 9.77. The van der Waals surface area contributed by atoms with Crippen molar-refractivity contribution in [3.8, 4) is 11.5 Å². The Morgan fingerprint density at radius 2 is 1.71 bits per heavy atom. The zero-order valence-electron chi connectivity index (χ0n) is 35.5. The first-order valence-corrected chi connectivity index (χ1v) is 22.1. The standard InChI is InChI=1S/C46H63ClN2O9/c1-8-30-22-46(30,44(53)55-7)23-37(50)36-19-32(24-49(36)43(52)34(45(3,4)5)20-40(51)58-31-17-28-16-29(28)18-31)57-39-21-35(27-12-10-9-11-13-27)48-42-33(39)14-15-38(41(42)47)56-25-26(2)54-6/h14-15,21,26-32,34,36H,8-13,16-20,22-25H2,1-7H3/t26?,28-,29+,30-,31?,32-,34-,36+,46-/m1/s1. The van der Waals surface area contributed by atoms with Crippen molar-refractivity contribution in [3.63, 3.8) is 0 Å². The average Bonchev–Trinajstić information content (AvgIpc) is 4.02. The van der Waals surface area contributed by atoms with Gasteiger partial charge in [-0.15, -0.1) is 0 Å². The second-order valence-electron chi connectivity index (χ2n) is 19.1. The summed E-state index contributed by atoms with van der Waals surface area (Å²) in [5.74, 6) is 0.712. The number of Topliss-reactive ketones (excluding diaryl/α,β-unsaturated/α-hetero) is 1. The van der Waals surface area contributed by atoms with Crippen molar-refractivity contribution < 1.29 is 42.9 Å². The fourth-order valence-corrected chi connectivity index (χ4v) is 10.4. The Bertz CT molecular complexity index is 1860. The third kappa shape index (κ3) is 9.01. The second kappa shape index (κ2) is 17.3. The summed E-state index contributed by atoms with van der Waals surface area (Å²) in [4.78, 5) is 62.7. The maximum Gasteiger partial charge on any atom is 0.312 e. The van der Waals surface area contributed by atoms with Crippen LogP contribution in [-0.2, 0) is 33.4 Å². The van der Waals surface area contributed by atoms with E-state index in [0.29, 0.717) is 52.3 Å². The van der Waals surface area contributed by atoms with Crippen molar-refractivity contribution in [1.29, 1.82) is 0 Å². The molecule has 1 saturated heterocycles. The maximum atomic E-state index is 14.9. The molecule has 1 aliphatic heterocycles. The van der Waals surface area contributed by atoms with E-state index in [2.05, 4.69) is 0 Å². The molecule has 2 unspecified atom stereocenters. The summed E-state index contributed by atoms with van der Waals surface area (Å²) in [5.41, 5.74) is -0.0240. The van der Waals surface area contributed by atoms with Crippen molar-refractivity contribution in [2.24, 2.45) is 34.5 Å². The number of hydrogen-bond acceptors (Lipinski definition) is 10. The third-order valence-corrected chi connectivity index (χ3v) is 14.4. The number of hydrogen-bond donors (Lipinski definition) is 0. The molecule has 0 N–H and O–H groups in total. The topological polar surface area (TPSA) is 131 Å². The van der Waals surface area contributed by atoms with Gasteiger partial charge in [-0.1, -0.05) is 65.0 Å². The molecule has 4 saturated carbocycles. The Kier molecular flexibility index (Phi) is 12.7. The second-order valence-corrected chi connectivity index (χ2v) is 19.4. The Hall–Kier alpha value is -3.44. The number of amides is 1. The van der Waals surface area contributed by atoms with Crippen LogP contribution >= 0.6 is 11.6 Å². The SMILES string of the molecule is CC[C@@H]1C[C@]1(CC(=O)[C@@H]1C[C@@H](Oc2cc(C3CCCCC3)nc3c(Cl)c(OCC(C)OC)ccc23)CN1C(=O)[C@@H](CC(=O)OC1C[C@@H]2C[C@@H]2C1)C(C)(C)C)C(=O)OC. The first kappa shape index (κ1) is 42.7. The highest BCUT2D eigenvalue weighted by Gasteiger charge is 2.62. The Labute approximate surface area is 348 Å². The predicted octanol–water partition coefficient (Wildman–Crippen LogP) is 8.64. The van der Waals surface area contributed by atoms with Crippen LogP contribution in [0.25, 0.3) is 10.9 Å². The maximum absolute atomic E-state index is 14.9. The number of rotatable bonds is 16. The molecule has 9 atom stereocenters. The van der Waals surface area contributed by atoms with Crippen molar-refractivity contribution in [2.75, 3.05) is 27.4 Å². The van der Waals surface area contributed by atoms with Crippen molar-refractivity contribution in [2.45, 2.75) is 148 Å². The molecule has 0 radical (unpaired) electrons. The van der Waals surface area contributed by atoms with E-state index in [4.69, 9.17) is 40.3 Å². The van der Waals surface area contributed by atoms with Crippen molar-refractivity contribution >= 4 is 46.1 Å². The van der Waals surface area contributed by atoms with Crippen LogP contribution in [0.4, 0.5) is 0 Å². The fraction of sp³-hybridized carbons (Fsp3) is 0.717. The van der Waals surface area contributed by atoms with E-state index in [1.165, 1.54) is 20.0 Å². The number of fused-ring (bicyclic) bond motifs is 2. The highest BCUT2D eigenvalue weighted by Crippen LogP contribution is 2.58. The molecule has 4 aliphatic carbocycles. The molecule has 1 amide bonds. The molecule has 11 nitrogen and oxygen atoms in total. The van der Waals surface area contributed by atoms with Crippen LogP contribution < -0.4 is 9.47 Å². The molecule has 1 aromatic heterocycles. The number of halogens is 1. The molecule has 12 heteroatoms. The van der Waals surface area contributed by atoms with Crippen LogP contribution in [0, 0.1) is 34.5 Å². The van der Waals surface area contributed by atoms with Gasteiger partial charge in [-0.25, -0.2) is 0 Å². The van der Waals surface area contributed by atoms with Gasteiger partial charge in [0.15, 0.2) is 5.78 Å². The Balaban J connectivity index is 1.19. The lowest BCUT2D eigenvalue weighted by molar-refractivity contribution is -0.157.